The third-order valence-corrected chi connectivity index (χ3v) is 4.02. The molecule has 94 valence electrons. The van der Waals surface area contributed by atoms with Gasteiger partial charge < -0.3 is 5.73 Å². The third-order valence-electron chi connectivity index (χ3n) is 2.74. The van der Waals surface area contributed by atoms with E-state index in [0.29, 0.717) is 6.42 Å². The normalized spacial score (nSPS) is 12.4. The van der Waals surface area contributed by atoms with E-state index >= 15 is 0 Å². The molecule has 1 atom stereocenters. The molecular formula is C14H12ClFIN. The summed E-state index contributed by atoms with van der Waals surface area (Å²) in [5, 5.41) is 0.141. The minimum absolute atomic E-state index is 0.111. The van der Waals surface area contributed by atoms with Crippen LogP contribution in [0.25, 0.3) is 0 Å². The summed E-state index contributed by atoms with van der Waals surface area (Å²) >= 11 is 8.02. The molecule has 2 aromatic rings. The molecule has 2 N–H and O–H groups in total. The van der Waals surface area contributed by atoms with Gasteiger partial charge in [-0.15, -0.1) is 0 Å². The van der Waals surface area contributed by atoms with Crippen molar-refractivity contribution in [2.45, 2.75) is 12.5 Å². The summed E-state index contributed by atoms with van der Waals surface area (Å²) in [5.41, 5.74) is 8.21. The van der Waals surface area contributed by atoms with Crippen LogP contribution in [-0.2, 0) is 6.42 Å². The van der Waals surface area contributed by atoms with E-state index in [2.05, 4.69) is 22.6 Å². The second-order valence-electron chi connectivity index (χ2n) is 4.08. The summed E-state index contributed by atoms with van der Waals surface area (Å²) < 4.78 is 14.2. The minimum atomic E-state index is -0.400. The lowest BCUT2D eigenvalue weighted by atomic mass is 10.00. The molecule has 0 amide bonds. The Morgan fingerprint density at radius 3 is 2.61 bits per heavy atom. The number of nitrogens with two attached hydrogens (primary N) is 1. The van der Waals surface area contributed by atoms with Crippen LogP contribution in [0.5, 0.6) is 0 Å². The standard InChI is InChI=1S/C14H12ClFIN/c15-11-7-9(5-6-12(11)16)8-14(18)10-3-1-2-4-13(10)17/h1-7,14H,8,18H2. The lowest BCUT2D eigenvalue weighted by Crippen LogP contribution is -2.14. The summed E-state index contributed by atoms with van der Waals surface area (Å²) in [4.78, 5) is 0. The topological polar surface area (TPSA) is 26.0 Å². The average molecular weight is 376 g/mol. The van der Waals surface area contributed by atoms with Gasteiger partial charge in [0.2, 0.25) is 0 Å². The maximum Gasteiger partial charge on any atom is 0.141 e. The predicted molar refractivity (Wildman–Crippen MR) is 81.2 cm³/mol. The van der Waals surface area contributed by atoms with E-state index in [1.807, 2.05) is 24.3 Å². The molecular weight excluding hydrogens is 364 g/mol. The van der Waals surface area contributed by atoms with E-state index in [9.17, 15) is 4.39 Å². The summed E-state index contributed by atoms with van der Waals surface area (Å²) in [5.74, 6) is -0.400. The Balaban J connectivity index is 2.19. The van der Waals surface area contributed by atoms with Crippen LogP contribution in [0.4, 0.5) is 4.39 Å². The largest absolute Gasteiger partial charge is 0.324 e. The van der Waals surface area contributed by atoms with Crippen molar-refractivity contribution in [3.63, 3.8) is 0 Å². The molecule has 0 aliphatic carbocycles. The highest BCUT2D eigenvalue weighted by Crippen LogP contribution is 2.23. The number of benzene rings is 2. The van der Waals surface area contributed by atoms with Gasteiger partial charge in [0.15, 0.2) is 0 Å². The molecule has 1 nitrogen and oxygen atoms in total. The SMILES string of the molecule is NC(Cc1ccc(F)c(Cl)c1)c1ccccc1I. The molecule has 0 aliphatic rings. The van der Waals surface area contributed by atoms with Gasteiger partial charge in [-0.25, -0.2) is 4.39 Å². The Labute approximate surface area is 124 Å². The molecule has 0 radical (unpaired) electrons. The fourth-order valence-corrected chi connectivity index (χ4v) is 2.80. The first-order valence-electron chi connectivity index (χ1n) is 5.52. The summed E-state index contributed by atoms with van der Waals surface area (Å²) in [6.07, 6.45) is 0.639. The predicted octanol–water partition coefficient (Wildman–Crippen LogP) is 4.33. The average Bonchev–Trinajstić information content (AvgIpc) is 2.34. The Morgan fingerprint density at radius 2 is 1.94 bits per heavy atom. The molecule has 18 heavy (non-hydrogen) atoms. The van der Waals surface area contributed by atoms with Gasteiger partial charge in [-0.1, -0.05) is 35.9 Å². The number of halogens is 3. The highest BCUT2D eigenvalue weighted by atomic mass is 127. The summed E-state index contributed by atoms with van der Waals surface area (Å²) in [7, 11) is 0. The Bertz CT molecular complexity index is 559. The zero-order valence-corrected chi connectivity index (χ0v) is 12.5. The molecule has 0 saturated heterocycles. The number of rotatable bonds is 3. The zero-order chi connectivity index (χ0) is 13.1. The highest BCUT2D eigenvalue weighted by Gasteiger charge is 2.11. The molecule has 0 aromatic heterocycles. The summed E-state index contributed by atoms with van der Waals surface area (Å²) in [6.45, 7) is 0. The van der Waals surface area contributed by atoms with Crippen molar-refractivity contribution in [1.82, 2.24) is 0 Å². The Morgan fingerprint density at radius 1 is 1.22 bits per heavy atom. The van der Waals surface area contributed by atoms with Gasteiger partial charge in [-0.3, -0.25) is 0 Å². The van der Waals surface area contributed by atoms with E-state index in [0.717, 1.165) is 14.7 Å². The van der Waals surface area contributed by atoms with Gasteiger partial charge in [0.1, 0.15) is 5.82 Å². The molecule has 0 saturated carbocycles. The lowest BCUT2D eigenvalue weighted by molar-refractivity contribution is 0.626. The van der Waals surface area contributed by atoms with Gasteiger partial charge in [0, 0.05) is 9.61 Å². The molecule has 0 heterocycles. The molecule has 2 aromatic carbocycles. The van der Waals surface area contributed by atoms with E-state index in [-0.39, 0.29) is 11.1 Å². The Hall–Kier alpha value is -0.650. The van der Waals surface area contributed by atoms with Crippen molar-refractivity contribution >= 4 is 34.2 Å². The van der Waals surface area contributed by atoms with Crippen LogP contribution < -0.4 is 5.73 Å². The molecule has 4 heteroatoms. The maximum absolute atomic E-state index is 13.1. The van der Waals surface area contributed by atoms with Crippen LogP contribution in [0.3, 0.4) is 0 Å². The lowest BCUT2D eigenvalue weighted by Gasteiger charge is -2.14. The van der Waals surface area contributed by atoms with Gasteiger partial charge in [-0.05, 0) is 58.3 Å². The van der Waals surface area contributed by atoms with Crippen molar-refractivity contribution in [1.29, 1.82) is 0 Å². The quantitative estimate of drug-likeness (QED) is 0.794. The minimum Gasteiger partial charge on any atom is -0.324 e. The summed E-state index contributed by atoms with van der Waals surface area (Å²) in [6, 6.07) is 12.6. The van der Waals surface area contributed by atoms with Crippen molar-refractivity contribution in [2.24, 2.45) is 5.73 Å². The van der Waals surface area contributed by atoms with Crippen LogP contribution >= 0.6 is 34.2 Å². The van der Waals surface area contributed by atoms with Crippen LogP contribution in [-0.4, -0.2) is 0 Å². The first-order chi connectivity index (χ1) is 8.58. The smallest absolute Gasteiger partial charge is 0.141 e. The molecule has 0 bridgehead atoms. The molecule has 0 spiro atoms. The highest BCUT2D eigenvalue weighted by molar-refractivity contribution is 14.1. The van der Waals surface area contributed by atoms with Crippen LogP contribution in [0.1, 0.15) is 17.2 Å². The van der Waals surface area contributed by atoms with E-state index in [1.54, 1.807) is 12.1 Å². The zero-order valence-electron chi connectivity index (χ0n) is 9.54. The third kappa shape index (κ3) is 3.22. The van der Waals surface area contributed by atoms with Crippen molar-refractivity contribution in [3.05, 3.63) is 68.0 Å². The Kier molecular flexibility index (Phi) is 4.59. The molecule has 2 rings (SSSR count). The molecule has 1 unspecified atom stereocenters. The number of hydrogen-bond donors (Lipinski definition) is 1. The monoisotopic (exact) mass is 375 g/mol. The van der Waals surface area contributed by atoms with Crippen molar-refractivity contribution in [3.8, 4) is 0 Å². The van der Waals surface area contributed by atoms with Gasteiger partial charge in [0.05, 0.1) is 5.02 Å². The second-order valence-corrected chi connectivity index (χ2v) is 5.65. The molecule has 0 fully saturated rings. The van der Waals surface area contributed by atoms with Gasteiger partial charge in [-0.2, -0.15) is 0 Å². The second kappa shape index (κ2) is 5.99. The van der Waals surface area contributed by atoms with Crippen LogP contribution in [0.2, 0.25) is 5.02 Å². The number of hydrogen-bond acceptors (Lipinski definition) is 1. The maximum atomic E-state index is 13.1. The van der Waals surface area contributed by atoms with E-state index in [4.69, 9.17) is 17.3 Å². The fourth-order valence-electron chi connectivity index (χ4n) is 1.81. The first kappa shape index (κ1) is 13.8. The van der Waals surface area contributed by atoms with Gasteiger partial charge >= 0.3 is 0 Å². The van der Waals surface area contributed by atoms with E-state index < -0.39 is 5.82 Å². The van der Waals surface area contributed by atoms with Gasteiger partial charge in [0.25, 0.3) is 0 Å². The van der Waals surface area contributed by atoms with Crippen molar-refractivity contribution < 1.29 is 4.39 Å². The van der Waals surface area contributed by atoms with E-state index in [1.165, 1.54) is 6.07 Å². The first-order valence-corrected chi connectivity index (χ1v) is 6.97. The fraction of sp³-hybridized carbons (Fsp3) is 0.143. The van der Waals surface area contributed by atoms with Crippen LogP contribution in [0, 0.1) is 9.39 Å². The van der Waals surface area contributed by atoms with Crippen LogP contribution in [0.15, 0.2) is 42.5 Å². The molecule has 0 aliphatic heterocycles. The van der Waals surface area contributed by atoms with Crippen molar-refractivity contribution in [2.75, 3.05) is 0 Å².